The number of amides is 2. The number of nitrogens with one attached hydrogen (secondary N) is 1. The molecule has 0 aliphatic carbocycles. The van der Waals surface area contributed by atoms with Crippen LogP contribution in [-0.2, 0) is 9.59 Å². The predicted molar refractivity (Wildman–Crippen MR) is 72.4 cm³/mol. The molecule has 1 heterocycles. The molecule has 2 rings (SSSR count). The van der Waals surface area contributed by atoms with Crippen molar-refractivity contribution in [2.24, 2.45) is 5.92 Å². The fraction of sp³-hybridized carbons (Fsp3) is 0.429. The van der Waals surface area contributed by atoms with Gasteiger partial charge in [0, 0.05) is 13.0 Å². The molecule has 0 spiro atoms. The fourth-order valence-electron chi connectivity index (χ4n) is 2.30. The van der Waals surface area contributed by atoms with Crippen molar-refractivity contribution in [3.63, 3.8) is 0 Å². The maximum Gasteiger partial charge on any atom is 0.406 e. The molecule has 1 aliphatic heterocycles. The van der Waals surface area contributed by atoms with Gasteiger partial charge in [-0.3, -0.25) is 9.59 Å². The molecule has 22 heavy (non-hydrogen) atoms. The zero-order chi connectivity index (χ0) is 16.3. The maximum atomic E-state index is 12.3. The van der Waals surface area contributed by atoms with Crippen LogP contribution in [0.1, 0.15) is 6.42 Å². The average molecular weight is 316 g/mol. The Morgan fingerprint density at radius 1 is 1.41 bits per heavy atom. The molecule has 1 fully saturated rings. The van der Waals surface area contributed by atoms with E-state index < -0.39 is 30.5 Å². The Morgan fingerprint density at radius 3 is 2.73 bits per heavy atom. The molecule has 0 bridgehead atoms. The van der Waals surface area contributed by atoms with Crippen LogP contribution in [0, 0.1) is 5.92 Å². The fourth-order valence-corrected chi connectivity index (χ4v) is 2.30. The Hall–Kier alpha value is -2.25. The summed E-state index contributed by atoms with van der Waals surface area (Å²) in [6.45, 7) is -1.57. The minimum atomic E-state index is -4.47. The second-order valence-electron chi connectivity index (χ2n) is 4.98. The Kier molecular flexibility index (Phi) is 4.58. The van der Waals surface area contributed by atoms with Gasteiger partial charge in [-0.05, 0) is 12.1 Å². The van der Waals surface area contributed by atoms with E-state index in [4.69, 9.17) is 4.74 Å². The third-order valence-electron chi connectivity index (χ3n) is 3.32. The number of alkyl halides is 3. The summed E-state index contributed by atoms with van der Waals surface area (Å²) in [4.78, 5) is 24.3. The van der Waals surface area contributed by atoms with Gasteiger partial charge in [0.1, 0.15) is 12.3 Å². The average Bonchev–Trinajstić information content (AvgIpc) is 2.79. The number of hydrogen-bond donors (Lipinski definition) is 1. The van der Waals surface area contributed by atoms with Crippen LogP contribution in [0.3, 0.4) is 0 Å². The van der Waals surface area contributed by atoms with Crippen molar-refractivity contribution in [1.29, 1.82) is 0 Å². The van der Waals surface area contributed by atoms with Gasteiger partial charge in [0.15, 0.2) is 0 Å². The highest BCUT2D eigenvalue weighted by Gasteiger charge is 2.40. The summed E-state index contributed by atoms with van der Waals surface area (Å²) < 4.78 is 42.1. The second-order valence-corrected chi connectivity index (χ2v) is 4.98. The number of carbonyl (C=O) groups is 2. The molecule has 5 nitrogen and oxygen atoms in total. The summed E-state index contributed by atoms with van der Waals surface area (Å²) in [5.41, 5.74) is 0.414. The number of halogens is 3. The number of anilines is 1. The van der Waals surface area contributed by atoms with Gasteiger partial charge >= 0.3 is 6.18 Å². The van der Waals surface area contributed by atoms with Crippen molar-refractivity contribution in [2.45, 2.75) is 12.6 Å². The Morgan fingerprint density at radius 2 is 2.09 bits per heavy atom. The standard InChI is InChI=1S/C14H15F3N2O3/c1-22-11-5-3-2-4-10(11)18-13(21)9-6-12(20)19(7-9)8-14(15,16)17/h2-5,9H,6-8H2,1H3,(H,18,21). The van der Waals surface area contributed by atoms with E-state index in [-0.39, 0.29) is 13.0 Å². The molecule has 0 saturated carbocycles. The zero-order valence-corrected chi connectivity index (χ0v) is 11.8. The van der Waals surface area contributed by atoms with E-state index in [9.17, 15) is 22.8 Å². The normalized spacial score (nSPS) is 18.5. The number of methoxy groups -OCH3 is 1. The lowest BCUT2D eigenvalue weighted by Crippen LogP contribution is -2.36. The molecule has 8 heteroatoms. The number of para-hydroxylation sites is 2. The lowest BCUT2D eigenvalue weighted by Gasteiger charge is -2.18. The molecule has 2 amide bonds. The van der Waals surface area contributed by atoms with E-state index in [0.29, 0.717) is 16.3 Å². The monoisotopic (exact) mass is 316 g/mol. The van der Waals surface area contributed by atoms with Crippen molar-refractivity contribution in [2.75, 3.05) is 25.5 Å². The van der Waals surface area contributed by atoms with E-state index in [1.165, 1.54) is 7.11 Å². The molecule has 1 atom stereocenters. The van der Waals surface area contributed by atoms with E-state index >= 15 is 0 Å². The topological polar surface area (TPSA) is 58.6 Å². The molecule has 1 aromatic rings. The number of ether oxygens (including phenoxy) is 1. The molecule has 1 saturated heterocycles. The number of nitrogens with zero attached hydrogens (tertiary/aromatic N) is 1. The third-order valence-corrected chi connectivity index (χ3v) is 3.32. The first-order valence-electron chi connectivity index (χ1n) is 6.58. The summed E-state index contributed by atoms with van der Waals surface area (Å²) in [7, 11) is 1.44. The van der Waals surface area contributed by atoms with E-state index in [1.807, 2.05) is 0 Å². The Bertz CT molecular complexity index is 575. The number of carbonyl (C=O) groups excluding carboxylic acids is 2. The molecule has 0 radical (unpaired) electrons. The first-order valence-corrected chi connectivity index (χ1v) is 6.58. The SMILES string of the molecule is COc1ccccc1NC(=O)C1CC(=O)N(CC(F)(F)F)C1. The minimum Gasteiger partial charge on any atom is -0.495 e. The van der Waals surface area contributed by atoms with Crippen molar-refractivity contribution in [3.8, 4) is 5.75 Å². The van der Waals surface area contributed by atoms with E-state index in [2.05, 4.69) is 5.32 Å². The molecule has 1 N–H and O–H groups in total. The molecule has 1 aromatic carbocycles. The molecule has 1 aliphatic rings. The highest BCUT2D eigenvalue weighted by atomic mass is 19.4. The minimum absolute atomic E-state index is 0.225. The predicted octanol–water partition coefficient (Wildman–Crippen LogP) is 2.04. The van der Waals surface area contributed by atoms with Gasteiger partial charge in [0.05, 0.1) is 18.7 Å². The first-order chi connectivity index (χ1) is 10.3. The van der Waals surface area contributed by atoms with Gasteiger partial charge in [-0.25, -0.2) is 0 Å². The van der Waals surface area contributed by atoms with E-state index in [1.54, 1.807) is 24.3 Å². The van der Waals surface area contributed by atoms with E-state index in [0.717, 1.165) is 0 Å². The van der Waals surface area contributed by atoms with Gasteiger partial charge in [0.25, 0.3) is 0 Å². The van der Waals surface area contributed by atoms with Gasteiger partial charge < -0.3 is 15.0 Å². The van der Waals surface area contributed by atoms with Crippen LogP contribution in [0.25, 0.3) is 0 Å². The summed E-state index contributed by atoms with van der Waals surface area (Å²) >= 11 is 0. The third kappa shape index (κ3) is 3.90. The number of benzene rings is 1. The highest BCUT2D eigenvalue weighted by molar-refractivity contribution is 5.98. The molecule has 120 valence electrons. The van der Waals surface area contributed by atoms with Crippen molar-refractivity contribution in [1.82, 2.24) is 4.90 Å². The maximum absolute atomic E-state index is 12.3. The largest absolute Gasteiger partial charge is 0.495 e. The molecular formula is C14H15F3N2O3. The quantitative estimate of drug-likeness (QED) is 0.925. The summed E-state index contributed by atoms with van der Waals surface area (Å²) in [5, 5.41) is 2.58. The van der Waals surface area contributed by atoms with Gasteiger partial charge in [-0.2, -0.15) is 13.2 Å². The number of hydrogen-bond acceptors (Lipinski definition) is 3. The van der Waals surface area contributed by atoms with Crippen LogP contribution in [0.4, 0.5) is 18.9 Å². The molecule has 1 unspecified atom stereocenters. The van der Waals surface area contributed by atoms with Crippen LogP contribution in [0.2, 0.25) is 0 Å². The van der Waals surface area contributed by atoms with Crippen LogP contribution in [-0.4, -0.2) is 43.1 Å². The lowest BCUT2D eigenvalue weighted by molar-refractivity contribution is -0.157. The summed E-state index contributed by atoms with van der Waals surface area (Å²) in [5.74, 6) is -1.54. The van der Waals surface area contributed by atoms with Crippen LogP contribution < -0.4 is 10.1 Å². The van der Waals surface area contributed by atoms with Crippen molar-refractivity contribution in [3.05, 3.63) is 24.3 Å². The van der Waals surface area contributed by atoms with Gasteiger partial charge in [0.2, 0.25) is 11.8 Å². The van der Waals surface area contributed by atoms with Gasteiger partial charge in [-0.1, -0.05) is 12.1 Å². The zero-order valence-electron chi connectivity index (χ0n) is 11.8. The number of likely N-dealkylation sites (tertiary alicyclic amines) is 1. The highest BCUT2D eigenvalue weighted by Crippen LogP contribution is 2.27. The molecular weight excluding hydrogens is 301 g/mol. The Labute approximate surface area is 125 Å². The van der Waals surface area contributed by atoms with Crippen LogP contribution in [0.15, 0.2) is 24.3 Å². The number of rotatable bonds is 4. The summed E-state index contributed by atoms with van der Waals surface area (Å²) in [6, 6.07) is 6.67. The smallest absolute Gasteiger partial charge is 0.406 e. The van der Waals surface area contributed by atoms with Crippen LogP contribution >= 0.6 is 0 Å². The summed E-state index contributed by atoms with van der Waals surface area (Å²) in [6.07, 6.45) is -4.69. The van der Waals surface area contributed by atoms with Crippen LogP contribution in [0.5, 0.6) is 5.75 Å². The van der Waals surface area contributed by atoms with Gasteiger partial charge in [-0.15, -0.1) is 0 Å². The van der Waals surface area contributed by atoms with Crippen molar-refractivity contribution < 1.29 is 27.5 Å². The Balaban J connectivity index is 2.01. The molecule has 0 aromatic heterocycles. The first kappa shape index (κ1) is 16.1. The second kappa shape index (κ2) is 6.25. The lowest BCUT2D eigenvalue weighted by atomic mass is 10.1. The van der Waals surface area contributed by atoms with Crippen molar-refractivity contribution >= 4 is 17.5 Å².